The lowest BCUT2D eigenvalue weighted by Gasteiger charge is -2.09. The van der Waals surface area contributed by atoms with E-state index < -0.39 is 16.3 Å². The van der Waals surface area contributed by atoms with Crippen molar-refractivity contribution in [3.8, 4) is 0 Å². The first kappa shape index (κ1) is 16.0. The number of alkyl halides is 2. The number of nitrogens with one attached hydrogen (secondary N) is 1. The van der Waals surface area contributed by atoms with Crippen molar-refractivity contribution < 1.29 is 17.2 Å². The van der Waals surface area contributed by atoms with Gasteiger partial charge >= 0.3 is 0 Å². The van der Waals surface area contributed by atoms with Gasteiger partial charge in [-0.25, -0.2) is 17.2 Å². The number of halogens is 2. The van der Waals surface area contributed by atoms with Gasteiger partial charge in [0.1, 0.15) is 5.69 Å². The molecule has 0 atom stereocenters. The molecule has 1 aromatic heterocycles. The minimum absolute atomic E-state index is 0.00251. The summed E-state index contributed by atoms with van der Waals surface area (Å²) >= 11 is 0. The first-order chi connectivity index (χ1) is 8.91. The molecule has 0 unspecified atom stereocenters. The quantitative estimate of drug-likeness (QED) is 0.786. The Morgan fingerprint density at radius 1 is 1.42 bits per heavy atom. The largest absolute Gasteiger partial charge is 0.313 e. The van der Waals surface area contributed by atoms with Crippen molar-refractivity contribution in [1.82, 2.24) is 15.1 Å². The van der Waals surface area contributed by atoms with Crippen LogP contribution in [0.2, 0.25) is 0 Å². The van der Waals surface area contributed by atoms with Crippen LogP contribution >= 0.6 is 0 Å². The smallest absolute Gasteiger partial charge is 0.280 e. The zero-order valence-corrected chi connectivity index (χ0v) is 11.9. The molecule has 1 rings (SSSR count). The molecule has 0 aliphatic heterocycles. The number of aromatic nitrogens is 2. The average Bonchev–Trinajstić information content (AvgIpc) is 2.77. The van der Waals surface area contributed by atoms with E-state index in [4.69, 9.17) is 0 Å². The van der Waals surface area contributed by atoms with E-state index in [1.807, 2.05) is 6.92 Å². The zero-order valence-electron chi connectivity index (χ0n) is 11.1. The van der Waals surface area contributed by atoms with E-state index in [0.29, 0.717) is 18.7 Å². The summed E-state index contributed by atoms with van der Waals surface area (Å²) in [4.78, 5) is 0. The van der Waals surface area contributed by atoms with Crippen LogP contribution in [0.15, 0.2) is 6.20 Å². The van der Waals surface area contributed by atoms with Crippen molar-refractivity contribution >= 4 is 9.84 Å². The Morgan fingerprint density at radius 2 is 2.11 bits per heavy atom. The van der Waals surface area contributed by atoms with Gasteiger partial charge in [0.15, 0.2) is 9.84 Å². The van der Waals surface area contributed by atoms with Gasteiger partial charge in [0, 0.05) is 17.9 Å². The monoisotopic (exact) mass is 295 g/mol. The number of aryl methyl sites for hydroxylation is 1. The van der Waals surface area contributed by atoms with Crippen molar-refractivity contribution in [1.29, 1.82) is 0 Å². The van der Waals surface area contributed by atoms with Crippen LogP contribution in [0.4, 0.5) is 8.78 Å². The molecule has 110 valence electrons. The van der Waals surface area contributed by atoms with Crippen molar-refractivity contribution in [2.45, 2.75) is 33.4 Å². The number of rotatable bonds is 8. The van der Waals surface area contributed by atoms with Gasteiger partial charge in [0.2, 0.25) is 0 Å². The Bertz CT molecular complexity index is 500. The lowest BCUT2D eigenvalue weighted by Crippen LogP contribution is -2.18. The molecule has 8 heteroatoms. The predicted molar refractivity (Wildman–Crippen MR) is 68.9 cm³/mol. The molecule has 1 aromatic rings. The molecule has 0 saturated carbocycles. The van der Waals surface area contributed by atoms with Crippen molar-refractivity contribution in [2.75, 3.05) is 18.1 Å². The number of hydrogen-bond donors (Lipinski definition) is 1. The highest BCUT2D eigenvalue weighted by Crippen LogP contribution is 2.23. The maximum absolute atomic E-state index is 13.0. The van der Waals surface area contributed by atoms with Crippen LogP contribution in [-0.4, -0.2) is 36.2 Å². The molecule has 0 amide bonds. The normalized spacial score (nSPS) is 12.3. The molecule has 0 bridgehead atoms. The molecule has 5 nitrogen and oxygen atoms in total. The van der Waals surface area contributed by atoms with Crippen molar-refractivity contribution in [2.24, 2.45) is 0 Å². The molecule has 19 heavy (non-hydrogen) atoms. The fraction of sp³-hybridized carbons (Fsp3) is 0.727. The van der Waals surface area contributed by atoms with Crippen LogP contribution in [-0.2, 0) is 22.9 Å². The predicted octanol–water partition coefficient (Wildman–Crippen LogP) is 1.36. The molecule has 0 aromatic carbocycles. The van der Waals surface area contributed by atoms with E-state index in [2.05, 4.69) is 10.4 Å². The van der Waals surface area contributed by atoms with E-state index >= 15 is 0 Å². The van der Waals surface area contributed by atoms with E-state index in [9.17, 15) is 17.2 Å². The van der Waals surface area contributed by atoms with Crippen LogP contribution in [0, 0.1) is 0 Å². The van der Waals surface area contributed by atoms with E-state index in [0.717, 1.165) is 4.68 Å². The molecule has 0 aliphatic rings. The van der Waals surface area contributed by atoms with Crippen LogP contribution in [0.3, 0.4) is 0 Å². The highest BCUT2D eigenvalue weighted by molar-refractivity contribution is 7.91. The van der Waals surface area contributed by atoms with Gasteiger partial charge in [-0.05, 0) is 6.54 Å². The molecule has 1 heterocycles. The second-order valence-corrected chi connectivity index (χ2v) is 6.57. The summed E-state index contributed by atoms with van der Waals surface area (Å²) < 4.78 is 49.9. The maximum Gasteiger partial charge on any atom is 0.280 e. The topological polar surface area (TPSA) is 64.0 Å². The molecule has 0 radical (unpaired) electrons. The maximum atomic E-state index is 13.0. The SMILES string of the molecule is CCNCc1cnn(CCS(=O)(=O)CC)c1C(F)F. The third kappa shape index (κ3) is 4.54. The van der Waals surface area contributed by atoms with Crippen molar-refractivity contribution in [3.05, 3.63) is 17.5 Å². The molecule has 0 aliphatic carbocycles. The zero-order chi connectivity index (χ0) is 14.5. The third-order valence-corrected chi connectivity index (χ3v) is 4.47. The summed E-state index contributed by atoms with van der Waals surface area (Å²) in [6.45, 7) is 4.33. The van der Waals surface area contributed by atoms with Gasteiger partial charge in [0.25, 0.3) is 6.43 Å². The number of hydrogen-bond acceptors (Lipinski definition) is 4. The highest BCUT2D eigenvalue weighted by atomic mass is 32.2. The summed E-state index contributed by atoms with van der Waals surface area (Å²) in [7, 11) is -3.19. The molecule has 0 fully saturated rings. The molecule has 0 spiro atoms. The average molecular weight is 295 g/mol. The Kier molecular flexibility index (Phi) is 5.86. The van der Waals surface area contributed by atoms with Gasteiger partial charge in [-0.15, -0.1) is 0 Å². The van der Waals surface area contributed by atoms with E-state index in [1.165, 1.54) is 13.1 Å². The Hall–Kier alpha value is -1.02. The summed E-state index contributed by atoms with van der Waals surface area (Å²) in [6.07, 6.45) is -1.30. The Labute approximate surface area is 111 Å². The minimum Gasteiger partial charge on any atom is -0.313 e. The Morgan fingerprint density at radius 3 is 2.63 bits per heavy atom. The van der Waals surface area contributed by atoms with Crippen LogP contribution in [0.5, 0.6) is 0 Å². The fourth-order valence-electron chi connectivity index (χ4n) is 1.63. The van der Waals surface area contributed by atoms with Gasteiger partial charge in [-0.1, -0.05) is 13.8 Å². The summed E-state index contributed by atoms with van der Waals surface area (Å²) in [5.41, 5.74) is 0.206. The summed E-state index contributed by atoms with van der Waals surface area (Å²) in [5, 5.41) is 6.81. The second kappa shape index (κ2) is 6.95. The minimum atomic E-state index is -3.19. The summed E-state index contributed by atoms with van der Waals surface area (Å²) in [5.74, 6) is -0.173. The van der Waals surface area contributed by atoms with Crippen LogP contribution in [0.25, 0.3) is 0 Å². The van der Waals surface area contributed by atoms with Gasteiger partial charge < -0.3 is 5.32 Å². The molecule has 0 saturated heterocycles. The molecular weight excluding hydrogens is 276 g/mol. The third-order valence-electron chi connectivity index (χ3n) is 2.79. The first-order valence-electron chi connectivity index (χ1n) is 6.15. The number of sulfone groups is 1. The van der Waals surface area contributed by atoms with Crippen LogP contribution < -0.4 is 5.32 Å². The lowest BCUT2D eigenvalue weighted by molar-refractivity contribution is 0.138. The van der Waals surface area contributed by atoms with E-state index in [1.54, 1.807) is 0 Å². The molecule has 1 N–H and O–H groups in total. The standard InChI is InChI=1S/C11H19F2N3O2S/c1-3-14-7-9-8-15-16(10(9)11(12)13)5-6-19(17,18)4-2/h8,11,14H,3-7H2,1-2H3. The number of nitrogens with zero attached hydrogens (tertiary/aromatic N) is 2. The van der Waals surface area contributed by atoms with Gasteiger partial charge in [0.05, 0.1) is 18.5 Å². The van der Waals surface area contributed by atoms with Gasteiger partial charge in [-0.2, -0.15) is 5.10 Å². The van der Waals surface area contributed by atoms with E-state index in [-0.39, 0.29) is 23.7 Å². The lowest BCUT2D eigenvalue weighted by atomic mass is 10.2. The summed E-state index contributed by atoms with van der Waals surface area (Å²) in [6, 6.07) is 0. The highest BCUT2D eigenvalue weighted by Gasteiger charge is 2.20. The van der Waals surface area contributed by atoms with Crippen LogP contribution in [0.1, 0.15) is 31.5 Å². The Balaban J connectivity index is 2.86. The van der Waals surface area contributed by atoms with Crippen molar-refractivity contribution in [3.63, 3.8) is 0 Å². The van der Waals surface area contributed by atoms with Gasteiger partial charge in [-0.3, -0.25) is 4.68 Å². The second-order valence-electron chi connectivity index (χ2n) is 4.10. The fourth-order valence-corrected chi connectivity index (χ4v) is 2.37. The first-order valence-corrected chi connectivity index (χ1v) is 7.97. The molecular formula is C11H19F2N3O2S.